The van der Waals surface area contributed by atoms with Crippen molar-refractivity contribution < 1.29 is 10.0 Å². The van der Waals surface area contributed by atoms with Gasteiger partial charge < -0.3 is 5.11 Å². The molecule has 2 aromatic carbocycles. The van der Waals surface area contributed by atoms with Crippen LogP contribution in [-0.4, -0.2) is 46.0 Å². The lowest BCUT2D eigenvalue weighted by atomic mass is 10.1. The number of nitrogens with zero attached hydrogens (tertiary/aromatic N) is 3. The number of phenolic OH excluding ortho intramolecular Hbond substituents is 1. The lowest BCUT2D eigenvalue weighted by Crippen LogP contribution is -2.45. The molecule has 0 radical (unpaired) electrons. The number of piperazine rings is 1. The van der Waals surface area contributed by atoms with Crippen LogP contribution in [0.1, 0.15) is 11.1 Å². The number of nitro groups is 1. The van der Waals surface area contributed by atoms with Crippen molar-refractivity contribution in [2.75, 3.05) is 26.2 Å². The third kappa shape index (κ3) is 4.78. The van der Waals surface area contributed by atoms with Gasteiger partial charge in [-0.3, -0.25) is 19.9 Å². The highest BCUT2D eigenvalue weighted by atomic mass is 79.9. The van der Waals surface area contributed by atoms with Gasteiger partial charge in [0.1, 0.15) is 5.75 Å². The number of benzene rings is 2. The summed E-state index contributed by atoms with van der Waals surface area (Å²) in [7, 11) is 0. The third-order valence-electron chi connectivity index (χ3n) is 4.43. The summed E-state index contributed by atoms with van der Waals surface area (Å²) in [4.78, 5) is 15.1. The molecule has 0 amide bonds. The van der Waals surface area contributed by atoms with Gasteiger partial charge in [-0.25, -0.2) is 0 Å². The fraction of sp³-hybridized carbons (Fsp3) is 0.333. The highest BCUT2D eigenvalue weighted by Gasteiger charge is 2.19. The largest absolute Gasteiger partial charge is 0.508 e. The highest BCUT2D eigenvalue weighted by molar-refractivity contribution is 9.10. The number of halogens is 1. The van der Waals surface area contributed by atoms with Crippen LogP contribution in [0.4, 0.5) is 5.69 Å². The quantitative estimate of drug-likeness (QED) is 0.609. The molecule has 1 aliphatic rings. The molecular formula is C18H20BrN3O3. The second-order valence-electron chi connectivity index (χ2n) is 6.25. The van der Waals surface area contributed by atoms with Crippen LogP contribution >= 0.6 is 15.9 Å². The van der Waals surface area contributed by atoms with Crippen LogP contribution in [0.15, 0.2) is 46.9 Å². The van der Waals surface area contributed by atoms with Crippen molar-refractivity contribution in [2.24, 2.45) is 0 Å². The van der Waals surface area contributed by atoms with Gasteiger partial charge in [-0.1, -0.05) is 28.1 Å². The van der Waals surface area contributed by atoms with Gasteiger partial charge in [-0.05, 0) is 23.8 Å². The Morgan fingerprint density at radius 3 is 2.40 bits per heavy atom. The third-order valence-corrected chi connectivity index (χ3v) is 4.92. The van der Waals surface area contributed by atoms with Crippen molar-refractivity contribution in [3.05, 3.63) is 68.2 Å². The SMILES string of the molecule is O=[N+]([O-])c1cccc(CN2CCN(Cc3cc(Br)ccc3O)CC2)c1. The summed E-state index contributed by atoms with van der Waals surface area (Å²) in [5.74, 6) is 0.322. The fourth-order valence-electron chi connectivity index (χ4n) is 3.05. The van der Waals surface area contributed by atoms with E-state index in [0.717, 1.165) is 54.9 Å². The molecule has 1 heterocycles. The summed E-state index contributed by atoms with van der Waals surface area (Å²) in [5.41, 5.74) is 2.02. The Morgan fingerprint density at radius 1 is 1.04 bits per heavy atom. The number of hydrogen-bond acceptors (Lipinski definition) is 5. The number of nitro benzene ring substituents is 1. The summed E-state index contributed by atoms with van der Waals surface area (Å²) < 4.78 is 0.963. The Bertz CT molecular complexity index is 761. The summed E-state index contributed by atoms with van der Waals surface area (Å²) in [6.07, 6.45) is 0. The maximum absolute atomic E-state index is 10.9. The number of phenols is 1. The van der Waals surface area contributed by atoms with E-state index in [1.807, 2.05) is 18.2 Å². The van der Waals surface area contributed by atoms with Gasteiger partial charge in [0, 0.05) is 61.4 Å². The first-order valence-corrected chi connectivity index (χ1v) is 8.96. The normalized spacial score (nSPS) is 16.0. The Kier molecular flexibility index (Phi) is 5.67. The molecule has 0 aliphatic carbocycles. The highest BCUT2D eigenvalue weighted by Crippen LogP contribution is 2.24. The van der Waals surface area contributed by atoms with Crippen molar-refractivity contribution >= 4 is 21.6 Å². The van der Waals surface area contributed by atoms with Gasteiger partial charge in [0.25, 0.3) is 5.69 Å². The number of aromatic hydroxyl groups is 1. The maximum atomic E-state index is 10.9. The molecule has 0 atom stereocenters. The van der Waals surface area contributed by atoms with E-state index in [2.05, 4.69) is 25.7 Å². The molecule has 0 saturated carbocycles. The van der Waals surface area contributed by atoms with E-state index in [1.165, 1.54) is 6.07 Å². The maximum Gasteiger partial charge on any atom is 0.269 e. The van der Waals surface area contributed by atoms with Crippen molar-refractivity contribution in [2.45, 2.75) is 13.1 Å². The zero-order valence-electron chi connectivity index (χ0n) is 13.8. The van der Waals surface area contributed by atoms with Gasteiger partial charge in [0.05, 0.1) is 4.92 Å². The van der Waals surface area contributed by atoms with Crippen molar-refractivity contribution in [1.82, 2.24) is 9.80 Å². The number of rotatable bonds is 5. The van der Waals surface area contributed by atoms with Crippen molar-refractivity contribution in [3.8, 4) is 5.75 Å². The molecule has 1 fully saturated rings. The molecule has 1 saturated heterocycles. The topological polar surface area (TPSA) is 69.9 Å². The Morgan fingerprint density at radius 2 is 1.72 bits per heavy atom. The molecule has 132 valence electrons. The number of hydrogen-bond donors (Lipinski definition) is 1. The molecule has 6 nitrogen and oxygen atoms in total. The van der Waals surface area contributed by atoms with Crippen LogP contribution in [0.25, 0.3) is 0 Å². The number of non-ortho nitro benzene ring substituents is 1. The van der Waals surface area contributed by atoms with E-state index < -0.39 is 0 Å². The second-order valence-corrected chi connectivity index (χ2v) is 7.17. The average Bonchev–Trinajstić information content (AvgIpc) is 2.60. The summed E-state index contributed by atoms with van der Waals surface area (Å²) in [5, 5.41) is 20.8. The van der Waals surface area contributed by atoms with Crippen LogP contribution in [0, 0.1) is 10.1 Å². The zero-order valence-corrected chi connectivity index (χ0v) is 15.4. The fourth-order valence-corrected chi connectivity index (χ4v) is 3.46. The molecule has 1 aliphatic heterocycles. The van der Waals surface area contributed by atoms with Gasteiger partial charge in [-0.2, -0.15) is 0 Å². The van der Waals surface area contributed by atoms with E-state index in [-0.39, 0.29) is 10.6 Å². The second kappa shape index (κ2) is 7.95. The first-order valence-electron chi connectivity index (χ1n) is 8.17. The summed E-state index contributed by atoms with van der Waals surface area (Å²) in [6, 6.07) is 12.3. The smallest absolute Gasteiger partial charge is 0.269 e. The van der Waals surface area contributed by atoms with Gasteiger partial charge >= 0.3 is 0 Å². The molecule has 7 heteroatoms. The van der Waals surface area contributed by atoms with E-state index >= 15 is 0 Å². The average molecular weight is 406 g/mol. The minimum absolute atomic E-state index is 0.140. The molecule has 1 N–H and O–H groups in total. The Hall–Kier alpha value is -1.96. The first-order chi connectivity index (χ1) is 12.0. The van der Waals surface area contributed by atoms with Crippen molar-refractivity contribution in [3.63, 3.8) is 0 Å². The molecule has 0 aromatic heterocycles. The molecule has 0 spiro atoms. The first kappa shape index (κ1) is 17.8. The van der Waals surface area contributed by atoms with Gasteiger partial charge in [0.15, 0.2) is 0 Å². The van der Waals surface area contributed by atoms with Crippen LogP contribution in [-0.2, 0) is 13.1 Å². The van der Waals surface area contributed by atoms with E-state index in [0.29, 0.717) is 5.75 Å². The van der Waals surface area contributed by atoms with Crippen LogP contribution in [0.5, 0.6) is 5.75 Å². The van der Waals surface area contributed by atoms with E-state index in [9.17, 15) is 15.2 Å². The van der Waals surface area contributed by atoms with Crippen LogP contribution in [0.2, 0.25) is 0 Å². The van der Waals surface area contributed by atoms with Crippen LogP contribution in [0.3, 0.4) is 0 Å². The van der Waals surface area contributed by atoms with Crippen molar-refractivity contribution in [1.29, 1.82) is 0 Å². The predicted octanol–water partition coefficient (Wildman–Crippen LogP) is 3.38. The molecule has 0 bridgehead atoms. The van der Waals surface area contributed by atoms with E-state index in [4.69, 9.17) is 0 Å². The summed E-state index contributed by atoms with van der Waals surface area (Å²) in [6.45, 7) is 5.05. The molecule has 25 heavy (non-hydrogen) atoms. The predicted molar refractivity (Wildman–Crippen MR) is 99.5 cm³/mol. The van der Waals surface area contributed by atoms with Crippen LogP contribution < -0.4 is 0 Å². The lowest BCUT2D eigenvalue weighted by Gasteiger charge is -2.34. The minimum atomic E-state index is -0.355. The monoisotopic (exact) mass is 405 g/mol. The Balaban J connectivity index is 1.54. The van der Waals surface area contributed by atoms with E-state index in [1.54, 1.807) is 18.2 Å². The molecule has 3 rings (SSSR count). The standard InChI is InChI=1S/C18H20BrN3O3/c19-16-4-5-18(23)15(11-16)13-21-8-6-20(7-9-21)12-14-2-1-3-17(10-14)22(24)25/h1-5,10-11,23H,6-9,12-13H2. The molecular weight excluding hydrogens is 386 g/mol. The van der Waals surface area contributed by atoms with Gasteiger partial charge in [0.2, 0.25) is 0 Å². The molecule has 0 unspecified atom stereocenters. The van der Waals surface area contributed by atoms with Gasteiger partial charge in [-0.15, -0.1) is 0 Å². The summed E-state index contributed by atoms with van der Waals surface area (Å²) >= 11 is 3.44. The zero-order chi connectivity index (χ0) is 17.8. The lowest BCUT2D eigenvalue weighted by molar-refractivity contribution is -0.384. The minimum Gasteiger partial charge on any atom is -0.508 e. The Labute approximate surface area is 155 Å². The molecule has 2 aromatic rings.